The molecular formula is C15H18N2O. The number of rotatable bonds is 3. The molecule has 0 saturated heterocycles. The van der Waals surface area contributed by atoms with Crippen molar-refractivity contribution in [1.82, 2.24) is 4.98 Å². The van der Waals surface area contributed by atoms with Crippen molar-refractivity contribution >= 4 is 11.1 Å². The zero-order valence-corrected chi connectivity index (χ0v) is 10.6. The molecule has 4 rings (SSSR count). The average molecular weight is 242 g/mol. The molecule has 1 heterocycles. The van der Waals surface area contributed by atoms with Gasteiger partial charge in [-0.05, 0) is 50.3 Å². The van der Waals surface area contributed by atoms with E-state index in [0.717, 1.165) is 17.0 Å². The van der Waals surface area contributed by atoms with E-state index in [-0.39, 0.29) is 11.5 Å². The van der Waals surface area contributed by atoms with E-state index >= 15 is 0 Å². The number of aromatic nitrogens is 1. The first-order valence-electron chi connectivity index (χ1n) is 6.86. The minimum absolute atomic E-state index is 0.201. The Morgan fingerprint density at radius 3 is 2.78 bits per heavy atom. The van der Waals surface area contributed by atoms with Gasteiger partial charge in [-0.3, -0.25) is 0 Å². The lowest BCUT2D eigenvalue weighted by Crippen LogP contribution is -2.31. The molecule has 3 heteroatoms. The molecule has 1 atom stereocenters. The first-order valence-corrected chi connectivity index (χ1v) is 6.86. The highest BCUT2D eigenvalue weighted by Gasteiger charge is 2.47. The lowest BCUT2D eigenvalue weighted by Gasteiger charge is -2.19. The van der Waals surface area contributed by atoms with Crippen LogP contribution in [0.5, 0.6) is 0 Å². The normalized spacial score (nSPS) is 23.2. The largest absolute Gasteiger partial charge is 0.440 e. The molecule has 2 saturated carbocycles. The van der Waals surface area contributed by atoms with Crippen LogP contribution in [-0.4, -0.2) is 11.0 Å². The first kappa shape index (κ1) is 10.6. The second-order valence-corrected chi connectivity index (χ2v) is 5.95. The maximum absolute atomic E-state index is 6.13. The molecule has 3 nitrogen and oxygen atoms in total. The monoisotopic (exact) mass is 242 g/mol. The van der Waals surface area contributed by atoms with Crippen LogP contribution in [0.15, 0.2) is 22.6 Å². The number of hydrogen-bond acceptors (Lipinski definition) is 3. The Labute approximate surface area is 106 Å². The Bertz CT molecular complexity index is 606. The molecule has 2 aliphatic carbocycles. The van der Waals surface area contributed by atoms with Crippen LogP contribution in [0.1, 0.15) is 50.0 Å². The van der Waals surface area contributed by atoms with Crippen LogP contribution in [0, 0.1) is 0 Å². The summed E-state index contributed by atoms with van der Waals surface area (Å²) in [5.74, 6) is 1.50. The molecule has 94 valence electrons. The molecule has 1 unspecified atom stereocenters. The van der Waals surface area contributed by atoms with E-state index in [2.05, 4.69) is 30.1 Å². The van der Waals surface area contributed by atoms with Crippen LogP contribution in [0.25, 0.3) is 11.1 Å². The maximum atomic E-state index is 6.13. The molecule has 2 fully saturated rings. The van der Waals surface area contributed by atoms with Gasteiger partial charge in [0.05, 0.1) is 0 Å². The van der Waals surface area contributed by atoms with Gasteiger partial charge in [0.2, 0.25) is 0 Å². The predicted octanol–water partition coefficient (Wildman–Crippen LogP) is 3.08. The maximum Gasteiger partial charge on any atom is 0.198 e. The van der Waals surface area contributed by atoms with Crippen molar-refractivity contribution in [1.29, 1.82) is 0 Å². The van der Waals surface area contributed by atoms with Crippen LogP contribution >= 0.6 is 0 Å². The summed E-state index contributed by atoms with van der Waals surface area (Å²) < 4.78 is 5.80. The van der Waals surface area contributed by atoms with Crippen LogP contribution < -0.4 is 5.73 Å². The minimum Gasteiger partial charge on any atom is -0.440 e. The van der Waals surface area contributed by atoms with Crippen molar-refractivity contribution in [3.63, 3.8) is 0 Å². The zero-order valence-electron chi connectivity index (χ0n) is 10.6. The van der Waals surface area contributed by atoms with Crippen LogP contribution in [0.2, 0.25) is 0 Å². The van der Waals surface area contributed by atoms with E-state index in [1.165, 1.54) is 31.2 Å². The summed E-state index contributed by atoms with van der Waals surface area (Å²) in [6.45, 7) is 2.11. The number of oxazole rings is 1. The molecule has 18 heavy (non-hydrogen) atoms. The molecule has 1 aromatic heterocycles. The lowest BCUT2D eigenvalue weighted by molar-refractivity contribution is 0.532. The van der Waals surface area contributed by atoms with Gasteiger partial charge in [-0.15, -0.1) is 0 Å². The first-order chi connectivity index (χ1) is 8.69. The summed E-state index contributed by atoms with van der Waals surface area (Å²) in [4.78, 5) is 4.63. The summed E-state index contributed by atoms with van der Waals surface area (Å²) in [6.07, 6.45) is 4.85. The number of nitrogens with zero attached hydrogens (tertiary/aromatic N) is 1. The van der Waals surface area contributed by atoms with Gasteiger partial charge < -0.3 is 10.2 Å². The van der Waals surface area contributed by atoms with Gasteiger partial charge in [0.25, 0.3) is 0 Å². The second kappa shape index (κ2) is 3.35. The Morgan fingerprint density at radius 1 is 1.39 bits per heavy atom. The highest BCUT2D eigenvalue weighted by Crippen LogP contribution is 2.51. The van der Waals surface area contributed by atoms with Gasteiger partial charge >= 0.3 is 0 Å². The third kappa shape index (κ3) is 1.43. The Hall–Kier alpha value is -1.35. The van der Waals surface area contributed by atoms with Crippen molar-refractivity contribution in [2.24, 2.45) is 5.73 Å². The summed E-state index contributed by atoms with van der Waals surface area (Å²) in [5, 5.41) is 0. The van der Waals surface area contributed by atoms with Gasteiger partial charge in [0, 0.05) is 17.4 Å². The molecule has 0 aliphatic heterocycles. The van der Waals surface area contributed by atoms with E-state index in [0.29, 0.717) is 5.92 Å². The molecule has 2 N–H and O–H groups in total. The fourth-order valence-corrected chi connectivity index (χ4v) is 2.90. The molecule has 0 bridgehead atoms. The molecular weight excluding hydrogens is 224 g/mol. The minimum atomic E-state index is 0.201. The molecule has 1 aromatic carbocycles. The van der Waals surface area contributed by atoms with Gasteiger partial charge in [-0.25, -0.2) is 4.98 Å². The van der Waals surface area contributed by atoms with Gasteiger partial charge in [-0.2, -0.15) is 0 Å². The van der Waals surface area contributed by atoms with E-state index in [1.54, 1.807) is 0 Å². The SMILES string of the molecule is CC(N)C1(c2ccc3oc(C4CC4)nc3c2)CC1. The van der Waals surface area contributed by atoms with E-state index in [1.807, 2.05) is 0 Å². The van der Waals surface area contributed by atoms with Crippen LogP contribution in [0.3, 0.4) is 0 Å². The fourth-order valence-electron chi connectivity index (χ4n) is 2.90. The van der Waals surface area contributed by atoms with Gasteiger partial charge in [0.1, 0.15) is 5.52 Å². The number of hydrogen-bond donors (Lipinski definition) is 1. The van der Waals surface area contributed by atoms with Crippen molar-refractivity contribution < 1.29 is 4.42 Å². The van der Waals surface area contributed by atoms with E-state index in [4.69, 9.17) is 10.2 Å². The lowest BCUT2D eigenvalue weighted by atomic mass is 9.89. The van der Waals surface area contributed by atoms with Gasteiger partial charge in [-0.1, -0.05) is 6.07 Å². The number of benzene rings is 1. The number of fused-ring (bicyclic) bond motifs is 1. The van der Waals surface area contributed by atoms with Gasteiger partial charge in [0.15, 0.2) is 11.5 Å². The van der Waals surface area contributed by atoms with Crippen LogP contribution in [-0.2, 0) is 5.41 Å². The fraction of sp³-hybridized carbons (Fsp3) is 0.533. The highest BCUT2D eigenvalue weighted by atomic mass is 16.3. The van der Waals surface area contributed by atoms with E-state index < -0.39 is 0 Å². The van der Waals surface area contributed by atoms with Crippen molar-refractivity contribution in [2.75, 3.05) is 0 Å². The quantitative estimate of drug-likeness (QED) is 0.899. The predicted molar refractivity (Wildman–Crippen MR) is 70.5 cm³/mol. The standard InChI is InChI=1S/C15H18N2O/c1-9(16)15(6-7-15)11-4-5-13-12(8-11)17-14(18-13)10-2-3-10/h4-5,8-10H,2-3,6-7,16H2,1H3. The second-order valence-electron chi connectivity index (χ2n) is 5.95. The third-order valence-electron chi connectivity index (χ3n) is 4.57. The summed E-state index contributed by atoms with van der Waals surface area (Å²) in [5.41, 5.74) is 9.58. The molecule has 0 spiro atoms. The third-order valence-corrected chi connectivity index (χ3v) is 4.57. The smallest absolute Gasteiger partial charge is 0.198 e. The van der Waals surface area contributed by atoms with E-state index in [9.17, 15) is 0 Å². The molecule has 2 aromatic rings. The van der Waals surface area contributed by atoms with Crippen molar-refractivity contribution in [2.45, 2.75) is 50.0 Å². The summed E-state index contributed by atoms with van der Waals surface area (Å²) in [6, 6.07) is 6.62. The number of nitrogens with two attached hydrogens (primary N) is 1. The Balaban J connectivity index is 1.79. The Morgan fingerprint density at radius 2 is 2.17 bits per heavy atom. The summed E-state index contributed by atoms with van der Waals surface area (Å²) in [7, 11) is 0. The summed E-state index contributed by atoms with van der Waals surface area (Å²) >= 11 is 0. The highest BCUT2D eigenvalue weighted by molar-refractivity contribution is 5.74. The zero-order chi connectivity index (χ0) is 12.3. The van der Waals surface area contributed by atoms with Crippen LogP contribution in [0.4, 0.5) is 0 Å². The average Bonchev–Trinajstić information content (AvgIpc) is 3.23. The molecule has 0 radical (unpaired) electrons. The topological polar surface area (TPSA) is 52.0 Å². The van der Waals surface area contributed by atoms with Crippen molar-refractivity contribution in [3.8, 4) is 0 Å². The van der Waals surface area contributed by atoms with Crippen molar-refractivity contribution in [3.05, 3.63) is 29.7 Å². The Kier molecular flexibility index (Phi) is 1.97. The molecule has 2 aliphatic rings. The molecule has 0 amide bonds.